The number of nitrogens with one attached hydrogen (secondary N) is 5. The highest BCUT2D eigenvalue weighted by Gasteiger charge is 2.45. The van der Waals surface area contributed by atoms with Gasteiger partial charge in [0, 0.05) is 28.9 Å². The lowest BCUT2D eigenvalue weighted by atomic mass is 10.1. The molecular formula is C35H32ClF3N8O6. The van der Waals surface area contributed by atoms with E-state index in [0.29, 0.717) is 36.4 Å². The van der Waals surface area contributed by atoms with Gasteiger partial charge >= 0.3 is 30.0 Å². The van der Waals surface area contributed by atoms with Gasteiger partial charge in [-0.05, 0) is 78.8 Å². The van der Waals surface area contributed by atoms with E-state index in [0.717, 1.165) is 16.7 Å². The fourth-order valence-electron chi connectivity index (χ4n) is 5.74. The number of ether oxygens (including phenoxy) is 1. The summed E-state index contributed by atoms with van der Waals surface area (Å²) < 4.78 is 43.6. The van der Waals surface area contributed by atoms with E-state index < -0.39 is 60.6 Å². The van der Waals surface area contributed by atoms with Gasteiger partial charge < -0.3 is 36.4 Å². The zero-order chi connectivity index (χ0) is 37.8. The van der Waals surface area contributed by atoms with Gasteiger partial charge in [0.1, 0.15) is 6.04 Å². The second-order valence-corrected chi connectivity index (χ2v) is 12.9. The van der Waals surface area contributed by atoms with E-state index in [1.807, 2.05) is 36.4 Å². The van der Waals surface area contributed by atoms with Crippen molar-refractivity contribution in [3.8, 4) is 6.01 Å². The van der Waals surface area contributed by atoms with Gasteiger partial charge in [0.25, 0.3) is 5.91 Å². The van der Waals surface area contributed by atoms with E-state index >= 15 is 0 Å². The quantitative estimate of drug-likeness (QED) is 0.108. The number of aliphatic carboxylic acids is 1. The van der Waals surface area contributed by atoms with Crippen LogP contribution in [0.1, 0.15) is 39.9 Å². The molecule has 1 aromatic heterocycles. The molecule has 3 amide bonds. The number of carboxylic acids is 1. The summed E-state index contributed by atoms with van der Waals surface area (Å²) in [4.78, 5) is 61.9. The second kappa shape index (κ2) is 15.3. The predicted molar refractivity (Wildman–Crippen MR) is 185 cm³/mol. The van der Waals surface area contributed by atoms with Crippen LogP contribution >= 0.6 is 11.6 Å². The highest BCUT2D eigenvalue weighted by molar-refractivity contribution is 6.35. The van der Waals surface area contributed by atoms with Crippen molar-refractivity contribution in [1.29, 1.82) is 0 Å². The van der Waals surface area contributed by atoms with E-state index in [1.54, 1.807) is 12.1 Å². The van der Waals surface area contributed by atoms with Crippen molar-refractivity contribution < 1.29 is 42.2 Å². The number of carbonyl (C=O) groups is 4. The van der Waals surface area contributed by atoms with Crippen molar-refractivity contribution in [3.05, 3.63) is 100 Å². The largest absolute Gasteiger partial charge is 0.480 e. The van der Waals surface area contributed by atoms with Crippen LogP contribution in [0.2, 0.25) is 5.02 Å². The summed E-state index contributed by atoms with van der Waals surface area (Å²) in [6, 6.07) is 17.9. The standard InChI is InChI=1S/C35H32ClF3N8O6/c36-23-9-7-22(8-10-23)34(13-14-34)47-32-44-31(45-33(46-32)53-18-35(37,38)39)42-24-11-5-19(6-12-24)27(48)43-26(30(51)52)17-40-28(49)29(50)41-25-15-20-3-1-2-4-21(20)16-25/h1-12,25-26H,13-18H2,(H,40,49)(H,41,50)(H,43,48)(H,51,52)(H2,42,44,45,46,47)/t26-/m0/s1. The second-order valence-electron chi connectivity index (χ2n) is 12.5. The molecule has 2 aliphatic carbocycles. The SMILES string of the molecule is O=C(NC[C@H](NC(=O)c1ccc(Nc2nc(NC3(c4ccc(Cl)cc4)CC3)nc(OCC(F)(F)F)n2)cc1)C(=O)O)C(=O)NC1Cc2ccccc2C1. The molecule has 1 atom stereocenters. The first-order chi connectivity index (χ1) is 25.2. The molecule has 0 spiro atoms. The van der Waals surface area contributed by atoms with Crippen LogP contribution in [0.4, 0.5) is 30.8 Å². The Morgan fingerprint density at radius 1 is 0.887 bits per heavy atom. The summed E-state index contributed by atoms with van der Waals surface area (Å²) in [7, 11) is 0. The van der Waals surface area contributed by atoms with Crippen molar-refractivity contribution in [1.82, 2.24) is 30.9 Å². The molecule has 6 N–H and O–H groups in total. The molecule has 276 valence electrons. The highest BCUT2D eigenvalue weighted by Crippen LogP contribution is 2.48. The number of aromatic nitrogens is 3. The molecule has 1 heterocycles. The van der Waals surface area contributed by atoms with E-state index in [1.165, 1.54) is 24.3 Å². The summed E-state index contributed by atoms with van der Waals surface area (Å²) in [5.74, 6) is -4.41. The van der Waals surface area contributed by atoms with Gasteiger partial charge in [-0.25, -0.2) is 4.79 Å². The van der Waals surface area contributed by atoms with Gasteiger partial charge in [-0.3, -0.25) is 14.4 Å². The molecule has 0 unspecified atom stereocenters. The van der Waals surface area contributed by atoms with Gasteiger partial charge in [0.15, 0.2) is 6.61 Å². The monoisotopic (exact) mass is 752 g/mol. The average Bonchev–Trinajstić information content (AvgIpc) is 3.78. The summed E-state index contributed by atoms with van der Waals surface area (Å²) in [5.41, 5.74) is 2.82. The smallest absolute Gasteiger partial charge is 0.422 e. The minimum atomic E-state index is -4.64. The van der Waals surface area contributed by atoms with E-state index in [4.69, 9.17) is 16.3 Å². The number of anilines is 3. The zero-order valence-electron chi connectivity index (χ0n) is 27.7. The van der Waals surface area contributed by atoms with Gasteiger partial charge in [0.2, 0.25) is 11.9 Å². The number of rotatable bonds is 13. The Balaban J connectivity index is 1.06. The molecule has 0 saturated heterocycles. The number of amides is 3. The summed E-state index contributed by atoms with van der Waals surface area (Å²) >= 11 is 6.02. The normalized spacial score (nSPS) is 15.0. The van der Waals surface area contributed by atoms with Crippen LogP contribution in [-0.4, -0.2) is 75.2 Å². The number of hydrogen-bond donors (Lipinski definition) is 6. The van der Waals surface area contributed by atoms with Crippen LogP contribution < -0.4 is 31.3 Å². The Morgan fingerprint density at radius 3 is 2.13 bits per heavy atom. The maximum atomic E-state index is 12.9. The number of carbonyl (C=O) groups excluding carboxylic acids is 3. The molecule has 14 nitrogen and oxygen atoms in total. The van der Waals surface area contributed by atoms with Crippen LogP contribution in [0.5, 0.6) is 6.01 Å². The van der Waals surface area contributed by atoms with Gasteiger partial charge in [-0.2, -0.15) is 28.1 Å². The maximum Gasteiger partial charge on any atom is 0.422 e. The molecule has 0 aliphatic heterocycles. The molecule has 18 heteroatoms. The molecule has 2 aliphatic rings. The lowest BCUT2D eigenvalue weighted by molar-refractivity contribution is -0.154. The van der Waals surface area contributed by atoms with Crippen molar-refractivity contribution >= 4 is 52.9 Å². The van der Waals surface area contributed by atoms with E-state index in [9.17, 15) is 37.5 Å². The number of fused-ring (bicyclic) bond motifs is 1. The first kappa shape index (κ1) is 36.8. The fraction of sp³-hybridized carbons (Fsp3) is 0.286. The molecule has 1 fully saturated rings. The topological polar surface area (TPSA) is 197 Å². The van der Waals surface area contributed by atoms with Crippen molar-refractivity contribution in [2.24, 2.45) is 0 Å². The van der Waals surface area contributed by atoms with Crippen LogP contribution in [-0.2, 0) is 32.8 Å². The lowest BCUT2D eigenvalue weighted by Crippen LogP contribution is -2.51. The van der Waals surface area contributed by atoms with Crippen molar-refractivity contribution in [2.75, 3.05) is 23.8 Å². The van der Waals surface area contributed by atoms with Gasteiger partial charge in [-0.1, -0.05) is 48.0 Å². The third kappa shape index (κ3) is 9.68. The molecule has 0 radical (unpaired) electrons. The first-order valence-electron chi connectivity index (χ1n) is 16.3. The number of nitrogens with zero attached hydrogens (tertiary/aromatic N) is 3. The molecule has 1 saturated carbocycles. The van der Waals surface area contributed by atoms with E-state index in [2.05, 4.69) is 41.5 Å². The predicted octanol–water partition coefficient (Wildman–Crippen LogP) is 3.89. The molecule has 0 bridgehead atoms. The van der Waals surface area contributed by atoms with Crippen LogP contribution in [0.3, 0.4) is 0 Å². The first-order valence-corrected chi connectivity index (χ1v) is 16.7. The lowest BCUT2D eigenvalue weighted by Gasteiger charge is -2.19. The van der Waals surface area contributed by atoms with Crippen LogP contribution in [0.15, 0.2) is 72.8 Å². The van der Waals surface area contributed by atoms with E-state index in [-0.39, 0.29) is 23.5 Å². The average molecular weight is 753 g/mol. The summed E-state index contributed by atoms with van der Waals surface area (Å²) in [5, 5.41) is 23.4. The fourth-order valence-corrected chi connectivity index (χ4v) is 5.86. The molecule has 4 aromatic rings. The number of carboxylic acid groups (broad SMARTS) is 1. The maximum absolute atomic E-state index is 12.9. The zero-order valence-corrected chi connectivity index (χ0v) is 28.4. The Morgan fingerprint density at radius 2 is 1.53 bits per heavy atom. The number of hydrogen-bond acceptors (Lipinski definition) is 10. The minimum Gasteiger partial charge on any atom is -0.480 e. The summed E-state index contributed by atoms with van der Waals surface area (Å²) in [6.07, 6.45) is -2.12. The molecule has 53 heavy (non-hydrogen) atoms. The molecule has 3 aromatic carbocycles. The summed E-state index contributed by atoms with van der Waals surface area (Å²) in [6.45, 7) is -2.20. The number of halogens is 4. The Kier molecular flexibility index (Phi) is 10.6. The highest BCUT2D eigenvalue weighted by atomic mass is 35.5. The third-order valence-electron chi connectivity index (χ3n) is 8.54. The minimum absolute atomic E-state index is 0.0394. The Labute approximate surface area is 304 Å². The number of benzene rings is 3. The van der Waals surface area contributed by atoms with Crippen molar-refractivity contribution in [3.63, 3.8) is 0 Å². The van der Waals surface area contributed by atoms with Gasteiger partial charge in [0.05, 0.1) is 5.54 Å². The Hall–Kier alpha value is -5.97. The Bertz CT molecular complexity index is 1990. The van der Waals surface area contributed by atoms with Crippen molar-refractivity contribution in [2.45, 2.75) is 49.5 Å². The molecular weight excluding hydrogens is 721 g/mol. The van der Waals surface area contributed by atoms with Gasteiger partial charge in [-0.15, -0.1) is 0 Å². The van der Waals surface area contributed by atoms with Crippen LogP contribution in [0.25, 0.3) is 0 Å². The van der Waals surface area contributed by atoms with Crippen LogP contribution in [0, 0.1) is 0 Å². The molecule has 6 rings (SSSR count). The third-order valence-corrected chi connectivity index (χ3v) is 8.80. The number of alkyl halides is 3.